The maximum Gasteiger partial charge on any atom is 0.107 e. The summed E-state index contributed by atoms with van der Waals surface area (Å²) in [7, 11) is 0. The zero-order valence-electron chi connectivity index (χ0n) is 14.7. The number of benzene rings is 1. The minimum atomic E-state index is 0.710. The van der Waals surface area contributed by atoms with Crippen molar-refractivity contribution in [2.45, 2.75) is 40.2 Å². The maximum absolute atomic E-state index is 5.84. The number of ether oxygens (including phenoxy) is 1. The molecule has 4 nitrogen and oxygen atoms in total. The average molecular weight is 323 g/mol. The molecule has 3 aromatic rings. The Morgan fingerprint density at radius 2 is 1.83 bits per heavy atom. The molecule has 0 bridgehead atoms. The van der Waals surface area contributed by atoms with Gasteiger partial charge in [-0.1, -0.05) is 30.3 Å². The number of pyridine rings is 1. The Labute approximate surface area is 143 Å². The van der Waals surface area contributed by atoms with Crippen molar-refractivity contribution in [1.82, 2.24) is 14.5 Å². The van der Waals surface area contributed by atoms with Crippen molar-refractivity contribution in [2.75, 3.05) is 13.2 Å². The first-order valence-corrected chi connectivity index (χ1v) is 8.57. The Kier molecular flexibility index (Phi) is 5.26. The summed E-state index contributed by atoms with van der Waals surface area (Å²) in [5, 5.41) is 0. The summed E-state index contributed by atoms with van der Waals surface area (Å²) in [5.74, 6) is 1.02. The third-order valence-electron chi connectivity index (χ3n) is 4.52. The van der Waals surface area contributed by atoms with Gasteiger partial charge >= 0.3 is 0 Å². The maximum atomic E-state index is 5.84. The molecule has 1 aromatic carbocycles. The van der Waals surface area contributed by atoms with Crippen LogP contribution in [0.1, 0.15) is 29.1 Å². The van der Waals surface area contributed by atoms with Crippen LogP contribution in [-0.4, -0.2) is 27.7 Å². The number of aromatic nitrogens is 3. The quantitative estimate of drug-likeness (QED) is 0.617. The number of nitrogens with zero attached hydrogens (tertiary/aromatic N) is 3. The number of imidazole rings is 1. The van der Waals surface area contributed by atoms with Gasteiger partial charge in [-0.25, -0.2) is 4.98 Å². The lowest BCUT2D eigenvalue weighted by Gasteiger charge is -2.10. The molecule has 0 saturated heterocycles. The van der Waals surface area contributed by atoms with E-state index in [-0.39, 0.29) is 0 Å². The molecule has 3 rings (SSSR count). The first-order chi connectivity index (χ1) is 11.7. The van der Waals surface area contributed by atoms with Gasteiger partial charge in [-0.3, -0.25) is 4.98 Å². The van der Waals surface area contributed by atoms with Crippen LogP contribution >= 0.6 is 0 Å². The first-order valence-electron chi connectivity index (χ1n) is 8.57. The fourth-order valence-electron chi connectivity index (χ4n) is 3.05. The standard InChI is InChI=1S/C20H25N3O/c1-15-16(2)21-14-19-20(15)23(17(3)22-19)11-13-24-12-7-10-18-8-5-4-6-9-18/h4-6,8-9,14H,7,10-13H2,1-3H3. The normalized spacial score (nSPS) is 11.3. The fraction of sp³-hybridized carbons (Fsp3) is 0.400. The number of rotatable bonds is 7. The van der Waals surface area contributed by atoms with E-state index in [9.17, 15) is 0 Å². The summed E-state index contributed by atoms with van der Waals surface area (Å²) in [4.78, 5) is 9.02. The van der Waals surface area contributed by atoms with Crippen molar-refractivity contribution in [3.05, 3.63) is 59.2 Å². The number of fused-ring (bicyclic) bond motifs is 1. The third-order valence-corrected chi connectivity index (χ3v) is 4.52. The summed E-state index contributed by atoms with van der Waals surface area (Å²) in [5.41, 5.74) is 5.80. The zero-order valence-corrected chi connectivity index (χ0v) is 14.7. The van der Waals surface area contributed by atoms with E-state index in [0.29, 0.717) is 6.61 Å². The Hall–Kier alpha value is -2.20. The van der Waals surface area contributed by atoms with Crippen LogP contribution in [0, 0.1) is 20.8 Å². The summed E-state index contributed by atoms with van der Waals surface area (Å²) >= 11 is 0. The Morgan fingerprint density at radius 1 is 1.04 bits per heavy atom. The van der Waals surface area contributed by atoms with Crippen LogP contribution in [-0.2, 0) is 17.7 Å². The lowest BCUT2D eigenvalue weighted by molar-refractivity contribution is 0.124. The highest BCUT2D eigenvalue weighted by Gasteiger charge is 2.11. The van der Waals surface area contributed by atoms with Gasteiger partial charge in [0.15, 0.2) is 0 Å². The SMILES string of the molecule is Cc1ncc2nc(C)n(CCOCCCc3ccccc3)c2c1C. The molecule has 0 unspecified atom stereocenters. The van der Waals surface area contributed by atoms with Crippen LogP contribution in [0.15, 0.2) is 36.5 Å². The largest absolute Gasteiger partial charge is 0.380 e. The monoisotopic (exact) mass is 323 g/mol. The van der Waals surface area contributed by atoms with Gasteiger partial charge in [0.05, 0.1) is 18.3 Å². The number of hydrogen-bond acceptors (Lipinski definition) is 3. The van der Waals surface area contributed by atoms with Crippen LogP contribution < -0.4 is 0 Å². The van der Waals surface area contributed by atoms with Crippen molar-refractivity contribution in [1.29, 1.82) is 0 Å². The molecule has 2 aromatic heterocycles. The number of hydrogen-bond donors (Lipinski definition) is 0. The van der Waals surface area contributed by atoms with E-state index in [0.717, 1.165) is 43.0 Å². The fourth-order valence-corrected chi connectivity index (χ4v) is 3.05. The molecule has 24 heavy (non-hydrogen) atoms. The van der Waals surface area contributed by atoms with Crippen molar-refractivity contribution >= 4 is 11.0 Å². The topological polar surface area (TPSA) is 39.9 Å². The molecule has 0 aliphatic heterocycles. The van der Waals surface area contributed by atoms with E-state index in [1.54, 1.807) is 0 Å². The molecule has 0 atom stereocenters. The second-order valence-corrected chi connectivity index (χ2v) is 6.21. The van der Waals surface area contributed by atoms with Crippen molar-refractivity contribution < 1.29 is 4.74 Å². The van der Waals surface area contributed by atoms with E-state index < -0.39 is 0 Å². The molecule has 0 saturated carbocycles. The van der Waals surface area contributed by atoms with Gasteiger partial charge in [-0.15, -0.1) is 0 Å². The zero-order chi connectivity index (χ0) is 16.9. The third kappa shape index (κ3) is 3.65. The van der Waals surface area contributed by atoms with Gasteiger partial charge in [-0.05, 0) is 44.7 Å². The molecule has 0 radical (unpaired) electrons. The van der Waals surface area contributed by atoms with Crippen LogP contribution in [0.25, 0.3) is 11.0 Å². The molecule has 0 amide bonds. The highest BCUT2D eigenvalue weighted by molar-refractivity contribution is 5.79. The Bertz CT molecular complexity index is 809. The van der Waals surface area contributed by atoms with Crippen LogP contribution in [0.3, 0.4) is 0 Å². The second kappa shape index (κ2) is 7.58. The summed E-state index contributed by atoms with van der Waals surface area (Å²) < 4.78 is 8.09. The van der Waals surface area contributed by atoms with Gasteiger partial charge in [-0.2, -0.15) is 0 Å². The Morgan fingerprint density at radius 3 is 2.62 bits per heavy atom. The smallest absolute Gasteiger partial charge is 0.107 e. The molecule has 0 aliphatic carbocycles. The van der Waals surface area contributed by atoms with Crippen molar-refractivity contribution in [2.24, 2.45) is 0 Å². The van der Waals surface area contributed by atoms with E-state index in [1.165, 1.54) is 16.6 Å². The van der Waals surface area contributed by atoms with Crippen molar-refractivity contribution in [3.63, 3.8) is 0 Å². The lowest BCUT2D eigenvalue weighted by Crippen LogP contribution is -2.09. The predicted octanol–water partition coefficient (Wildman–Crippen LogP) is 4.01. The molecule has 4 heteroatoms. The molecular formula is C20H25N3O. The van der Waals surface area contributed by atoms with Crippen LogP contribution in [0.4, 0.5) is 0 Å². The summed E-state index contributed by atoms with van der Waals surface area (Å²) in [6, 6.07) is 10.6. The van der Waals surface area contributed by atoms with Gasteiger partial charge < -0.3 is 9.30 Å². The highest BCUT2D eigenvalue weighted by Crippen LogP contribution is 2.21. The molecule has 0 spiro atoms. The molecule has 0 N–H and O–H groups in total. The predicted molar refractivity (Wildman–Crippen MR) is 97.3 cm³/mol. The molecule has 0 aliphatic rings. The van der Waals surface area contributed by atoms with Gasteiger partial charge in [0.1, 0.15) is 11.3 Å². The minimum Gasteiger partial charge on any atom is -0.380 e. The number of aryl methyl sites for hydroxylation is 4. The highest BCUT2D eigenvalue weighted by atomic mass is 16.5. The van der Waals surface area contributed by atoms with Crippen LogP contribution in [0.2, 0.25) is 0 Å². The molecule has 2 heterocycles. The minimum absolute atomic E-state index is 0.710. The second-order valence-electron chi connectivity index (χ2n) is 6.21. The van der Waals surface area contributed by atoms with Gasteiger partial charge in [0.2, 0.25) is 0 Å². The first kappa shape index (κ1) is 16.7. The van der Waals surface area contributed by atoms with Crippen molar-refractivity contribution in [3.8, 4) is 0 Å². The summed E-state index contributed by atoms with van der Waals surface area (Å²) in [6.07, 6.45) is 3.98. The molecular weight excluding hydrogens is 298 g/mol. The van der Waals surface area contributed by atoms with Gasteiger partial charge in [0, 0.05) is 18.8 Å². The van der Waals surface area contributed by atoms with E-state index in [1.807, 2.05) is 20.0 Å². The lowest BCUT2D eigenvalue weighted by atomic mass is 10.1. The summed E-state index contributed by atoms with van der Waals surface area (Å²) in [6.45, 7) is 8.54. The van der Waals surface area contributed by atoms with E-state index in [4.69, 9.17) is 4.74 Å². The van der Waals surface area contributed by atoms with Gasteiger partial charge in [0.25, 0.3) is 0 Å². The average Bonchev–Trinajstić information content (AvgIpc) is 2.91. The molecule has 126 valence electrons. The molecule has 0 fully saturated rings. The van der Waals surface area contributed by atoms with E-state index in [2.05, 4.69) is 51.8 Å². The van der Waals surface area contributed by atoms with Crippen LogP contribution in [0.5, 0.6) is 0 Å². The van der Waals surface area contributed by atoms with E-state index >= 15 is 0 Å². The Balaban J connectivity index is 1.53.